The van der Waals surface area contributed by atoms with Crippen LogP contribution in [-0.2, 0) is 36.6 Å². The van der Waals surface area contributed by atoms with Gasteiger partial charge in [0.05, 0.1) is 48.7 Å². The van der Waals surface area contributed by atoms with E-state index in [9.17, 15) is 14.7 Å². The quantitative estimate of drug-likeness (QED) is 0.218. The average Bonchev–Trinajstić information content (AvgIpc) is 3.57. The van der Waals surface area contributed by atoms with Crippen LogP contribution in [0.15, 0.2) is 35.8 Å². The first-order chi connectivity index (χ1) is 25.8. The molecule has 3 N–H and O–H groups in total. The molecule has 2 aliphatic carbocycles. The number of aliphatic hydroxyl groups is 1. The summed E-state index contributed by atoms with van der Waals surface area (Å²) in [4.78, 5) is 26.1. The highest BCUT2D eigenvalue weighted by Gasteiger charge is 2.51. The van der Waals surface area contributed by atoms with Crippen molar-refractivity contribution < 1.29 is 38.4 Å². The van der Waals surface area contributed by atoms with Gasteiger partial charge >= 0.3 is 0 Å². The van der Waals surface area contributed by atoms with Crippen LogP contribution in [0.3, 0.4) is 0 Å². The Balaban J connectivity index is 0.000000210. The standard InChI is InChI=1S/C22H29NO4S2.C20H27NO4/c1-6-14-11-13(2)12-16(26-4)17(14)18-19(27-21(28)29-5)22(23-20(18)24)9-7-15(25-3)8-10-22;1-5-13-10-12(2)11-15(25-4)16(13)17-18(22)20(21-19(17)23)8-6-14(24-3)7-9-20/h11-12,15H,6-10H2,1-5H3,(H,23,24);10-11,14,22H,5-9H2,1-4H3,(H,21,23). The molecule has 2 fully saturated rings. The molecule has 0 unspecified atom stereocenters. The van der Waals surface area contributed by atoms with E-state index in [2.05, 4.69) is 29.7 Å². The Morgan fingerprint density at radius 2 is 1.19 bits per heavy atom. The van der Waals surface area contributed by atoms with Crippen molar-refractivity contribution in [1.29, 1.82) is 0 Å². The van der Waals surface area contributed by atoms with Crippen molar-refractivity contribution in [2.75, 3.05) is 34.7 Å². The Morgan fingerprint density at radius 1 is 0.759 bits per heavy atom. The summed E-state index contributed by atoms with van der Waals surface area (Å²) in [7, 11) is 6.68. The van der Waals surface area contributed by atoms with Gasteiger partial charge in [0.15, 0.2) is 0 Å². The smallest absolute Gasteiger partial charge is 0.256 e. The molecule has 12 heteroatoms. The maximum absolute atomic E-state index is 13.3. The number of carbonyl (C=O) groups is 2. The summed E-state index contributed by atoms with van der Waals surface area (Å²) < 4.78 is 28.8. The third kappa shape index (κ3) is 8.03. The molecule has 294 valence electrons. The summed E-state index contributed by atoms with van der Waals surface area (Å²) >= 11 is 6.75. The summed E-state index contributed by atoms with van der Waals surface area (Å²) in [6.07, 6.45) is 10.0. The van der Waals surface area contributed by atoms with E-state index in [1.807, 2.05) is 39.2 Å². The second-order valence-electron chi connectivity index (χ2n) is 14.6. The van der Waals surface area contributed by atoms with Crippen molar-refractivity contribution in [3.05, 3.63) is 69.2 Å². The summed E-state index contributed by atoms with van der Waals surface area (Å²) in [6, 6.07) is 8.04. The largest absolute Gasteiger partial charge is 0.509 e. The maximum Gasteiger partial charge on any atom is 0.256 e. The van der Waals surface area contributed by atoms with E-state index in [1.54, 1.807) is 28.4 Å². The van der Waals surface area contributed by atoms with Gasteiger partial charge in [0.1, 0.15) is 23.0 Å². The van der Waals surface area contributed by atoms with Crippen molar-refractivity contribution in [3.8, 4) is 11.5 Å². The molecule has 2 aromatic carbocycles. The van der Waals surface area contributed by atoms with Gasteiger partial charge in [-0.1, -0.05) is 37.7 Å². The summed E-state index contributed by atoms with van der Waals surface area (Å²) in [5, 5.41) is 17.4. The Morgan fingerprint density at radius 3 is 1.61 bits per heavy atom. The molecule has 2 aliphatic heterocycles. The number of thioether (sulfide) groups is 1. The van der Waals surface area contributed by atoms with Crippen molar-refractivity contribution in [1.82, 2.24) is 10.6 Å². The Hall–Kier alpha value is -3.58. The molecule has 54 heavy (non-hydrogen) atoms. The molecule has 2 saturated carbocycles. The number of nitrogens with one attached hydrogen (secondary N) is 2. The van der Waals surface area contributed by atoms with Crippen LogP contribution in [-0.4, -0.2) is 79.3 Å². The lowest BCUT2D eigenvalue weighted by Crippen LogP contribution is -2.49. The van der Waals surface area contributed by atoms with Crippen LogP contribution in [0.5, 0.6) is 11.5 Å². The van der Waals surface area contributed by atoms with Crippen molar-refractivity contribution in [2.24, 2.45) is 0 Å². The molecule has 10 nitrogen and oxygen atoms in total. The third-order valence-corrected chi connectivity index (χ3v) is 12.5. The fourth-order valence-corrected chi connectivity index (χ4v) is 8.80. The molecule has 2 spiro atoms. The van der Waals surface area contributed by atoms with Crippen LogP contribution < -0.4 is 20.1 Å². The molecule has 0 aromatic heterocycles. The zero-order chi connectivity index (χ0) is 39.4. The van der Waals surface area contributed by atoms with E-state index in [-0.39, 0.29) is 29.8 Å². The first-order valence-electron chi connectivity index (χ1n) is 18.8. The molecule has 0 saturated heterocycles. The minimum Gasteiger partial charge on any atom is -0.509 e. The molecule has 0 bridgehead atoms. The van der Waals surface area contributed by atoms with Gasteiger partial charge < -0.3 is 39.4 Å². The van der Waals surface area contributed by atoms with Crippen molar-refractivity contribution in [3.63, 3.8) is 0 Å². The average molecular weight is 781 g/mol. The zero-order valence-electron chi connectivity index (χ0n) is 33.2. The van der Waals surface area contributed by atoms with Crippen LogP contribution in [0.2, 0.25) is 0 Å². The summed E-state index contributed by atoms with van der Waals surface area (Å²) in [5.41, 5.74) is 5.46. The fourth-order valence-electron chi connectivity index (χ4n) is 8.55. The zero-order valence-corrected chi connectivity index (χ0v) is 34.8. The van der Waals surface area contributed by atoms with E-state index < -0.39 is 11.1 Å². The number of benzene rings is 2. The number of amides is 2. The number of rotatable bonds is 9. The molecule has 0 atom stereocenters. The Labute approximate surface area is 329 Å². The molecular formula is C42H56N2O8S2. The number of hydrogen-bond acceptors (Lipinski definition) is 10. The molecule has 2 amide bonds. The number of ether oxygens (including phenoxy) is 5. The van der Waals surface area contributed by atoms with E-state index in [4.69, 9.17) is 35.9 Å². The lowest BCUT2D eigenvalue weighted by Gasteiger charge is -2.38. The number of hydrogen-bond donors (Lipinski definition) is 3. The van der Waals surface area contributed by atoms with E-state index >= 15 is 0 Å². The topological polar surface area (TPSA) is 125 Å². The van der Waals surface area contributed by atoms with E-state index in [0.717, 1.165) is 84.7 Å². The highest BCUT2D eigenvalue weighted by Crippen LogP contribution is 2.47. The van der Waals surface area contributed by atoms with Crippen molar-refractivity contribution >= 4 is 51.3 Å². The van der Waals surface area contributed by atoms with Crippen LogP contribution in [0.25, 0.3) is 11.1 Å². The number of carbonyl (C=O) groups excluding carboxylic acids is 2. The van der Waals surface area contributed by atoms with Crippen LogP contribution in [0.4, 0.5) is 0 Å². The summed E-state index contributed by atoms with van der Waals surface area (Å²) in [5.74, 6) is 1.76. The first kappa shape index (κ1) is 41.6. The van der Waals surface area contributed by atoms with Gasteiger partial charge in [-0.05, 0) is 131 Å². The molecule has 0 radical (unpaired) electrons. The fraction of sp³-hybridized carbons (Fsp3) is 0.548. The van der Waals surface area contributed by atoms with Crippen LogP contribution >= 0.6 is 24.0 Å². The minimum absolute atomic E-state index is 0.128. The van der Waals surface area contributed by atoms with Gasteiger partial charge in [-0.3, -0.25) is 9.59 Å². The predicted molar refractivity (Wildman–Crippen MR) is 218 cm³/mol. The van der Waals surface area contributed by atoms with E-state index in [1.165, 1.54) is 11.8 Å². The monoisotopic (exact) mass is 780 g/mol. The van der Waals surface area contributed by atoms with Crippen LogP contribution in [0, 0.1) is 13.8 Å². The lowest BCUT2D eigenvalue weighted by molar-refractivity contribution is -0.117. The first-order valence-corrected chi connectivity index (χ1v) is 20.5. The van der Waals surface area contributed by atoms with Gasteiger partial charge in [0, 0.05) is 25.3 Å². The minimum atomic E-state index is -0.664. The van der Waals surface area contributed by atoms with Gasteiger partial charge in [0.2, 0.25) is 4.38 Å². The van der Waals surface area contributed by atoms with Crippen molar-refractivity contribution in [2.45, 2.75) is 115 Å². The second kappa shape index (κ2) is 17.5. The second-order valence-corrected chi connectivity index (χ2v) is 16.0. The summed E-state index contributed by atoms with van der Waals surface area (Å²) in [6.45, 7) is 8.16. The number of aryl methyl sites for hydroxylation is 4. The Kier molecular flexibility index (Phi) is 13.5. The maximum atomic E-state index is 13.3. The molecule has 4 aliphatic rings. The van der Waals surface area contributed by atoms with Gasteiger partial charge in [-0.25, -0.2) is 0 Å². The SMILES string of the molecule is CCc1cc(C)cc(OC)c1C1=C(O)C2(CCC(OC)CC2)NC1=O.CCc1cc(C)cc(OC)c1C1=C(OC(=S)SC)C2(CCC(OC)CC2)NC1=O. The molecule has 2 aromatic rings. The predicted octanol–water partition coefficient (Wildman–Crippen LogP) is 7.69. The normalized spacial score (nSPS) is 25.1. The molecule has 2 heterocycles. The van der Waals surface area contributed by atoms with Gasteiger partial charge in [-0.2, -0.15) is 0 Å². The van der Waals surface area contributed by atoms with Gasteiger partial charge in [0.25, 0.3) is 11.8 Å². The number of thiocarbonyl (C=S) groups is 1. The highest BCUT2D eigenvalue weighted by molar-refractivity contribution is 8.22. The third-order valence-electron chi connectivity index (χ3n) is 11.5. The molecular weight excluding hydrogens is 725 g/mol. The number of aliphatic hydroxyl groups excluding tert-OH is 1. The lowest BCUT2D eigenvalue weighted by atomic mass is 9.79. The van der Waals surface area contributed by atoms with Gasteiger partial charge in [-0.15, -0.1) is 0 Å². The van der Waals surface area contributed by atoms with E-state index in [0.29, 0.717) is 45.6 Å². The number of methoxy groups -OCH3 is 4. The highest BCUT2D eigenvalue weighted by atomic mass is 32.2. The Bertz CT molecular complexity index is 1770. The van der Waals surface area contributed by atoms with Crippen LogP contribution in [0.1, 0.15) is 98.6 Å². The molecule has 6 rings (SSSR count).